The summed E-state index contributed by atoms with van der Waals surface area (Å²) in [6.07, 6.45) is 1.10. The van der Waals surface area contributed by atoms with E-state index in [-0.39, 0.29) is 16.3 Å². The van der Waals surface area contributed by atoms with E-state index in [1.54, 1.807) is 24.3 Å². The number of nitro groups is 1. The molecule has 2 aromatic rings. The van der Waals surface area contributed by atoms with Crippen molar-refractivity contribution in [3.63, 3.8) is 0 Å². The molecule has 3 rings (SSSR count). The van der Waals surface area contributed by atoms with Crippen molar-refractivity contribution in [3.8, 4) is 5.75 Å². The molecule has 0 bridgehead atoms. The minimum absolute atomic E-state index is 0.163. The van der Waals surface area contributed by atoms with Gasteiger partial charge in [-0.3, -0.25) is 14.4 Å². The van der Waals surface area contributed by atoms with Crippen LogP contribution in [0.4, 0.5) is 5.69 Å². The maximum atomic E-state index is 13.0. The number of sulfonamides is 1. The van der Waals surface area contributed by atoms with Crippen LogP contribution in [0.1, 0.15) is 5.56 Å². The highest BCUT2D eigenvalue weighted by molar-refractivity contribution is 7.89. The van der Waals surface area contributed by atoms with Gasteiger partial charge in [0.05, 0.1) is 23.1 Å². The highest BCUT2D eigenvalue weighted by Crippen LogP contribution is 2.29. The summed E-state index contributed by atoms with van der Waals surface area (Å²) in [4.78, 5) is 21.4. The zero-order valence-corrected chi connectivity index (χ0v) is 15.9. The van der Waals surface area contributed by atoms with Crippen LogP contribution in [-0.4, -0.2) is 48.5 Å². The fraction of sp³-hybridized carbons (Fsp3) is 0.167. The lowest BCUT2D eigenvalue weighted by Crippen LogP contribution is -2.46. The Balaban J connectivity index is 2.03. The number of non-ortho nitro benzene ring substituents is 1. The minimum Gasteiger partial charge on any atom is -0.497 e. The smallest absolute Gasteiger partial charge is 0.331 e. The zero-order valence-electron chi connectivity index (χ0n) is 15.1. The van der Waals surface area contributed by atoms with Gasteiger partial charge >= 0.3 is 5.97 Å². The number of aliphatic carboxylic acids is 1. The van der Waals surface area contributed by atoms with Gasteiger partial charge in [-0.05, 0) is 36.4 Å². The molecule has 1 N–H and O–H groups in total. The molecule has 29 heavy (non-hydrogen) atoms. The van der Waals surface area contributed by atoms with Crippen LogP contribution in [0.2, 0.25) is 0 Å². The van der Waals surface area contributed by atoms with Gasteiger partial charge in [0.1, 0.15) is 18.1 Å². The number of rotatable bonds is 6. The van der Waals surface area contributed by atoms with E-state index < -0.39 is 33.6 Å². The second kappa shape index (κ2) is 7.80. The maximum Gasteiger partial charge on any atom is 0.331 e. The predicted molar refractivity (Wildman–Crippen MR) is 100 cm³/mol. The van der Waals surface area contributed by atoms with E-state index in [2.05, 4.69) is 0 Å². The van der Waals surface area contributed by atoms with E-state index in [1.165, 1.54) is 7.11 Å². The molecule has 0 radical (unpaired) electrons. The molecule has 1 aliphatic heterocycles. The molecule has 152 valence electrons. The standard InChI is InChI=1S/C18H16N2O8S/c1-27-14-6-2-12(3-7-14)17-10-19(16(11-28-17)18(21)22)29(25,26)15-8-4-13(5-9-15)20(23)24/h2-10,16H,11H2,1H3,(H,21,22)/t16-/m0/s1. The van der Waals surface area contributed by atoms with Crippen LogP contribution in [0.25, 0.3) is 5.76 Å². The van der Waals surface area contributed by atoms with Gasteiger partial charge in [0.2, 0.25) is 0 Å². The van der Waals surface area contributed by atoms with Gasteiger partial charge in [-0.2, -0.15) is 0 Å². The van der Waals surface area contributed by atoms with Crippen LogP contribution in [0.15, 0.2) is 59.6 Å². The maximum absolute atomic E-state index is 13.0. The van der Waals surface area contributed by atoms with Crippen molar-refractivity contribution < 1.29 is 32.7 Å². The summed E-state index contributed by atoms with van der Waals surface area (Å²) in [5.41, 5.74) is 0.244. The highest BCUT2D eigenvalue weighted by Gasteiger charge is 2.38. The van der Waals surface area contributed by atoms with Gasteiger partial charge in [-0.25, -0.2) is 13.2 Å². The van der Waals surface area contributed by atoms with Crippen molar-refractivity contribution in [2.45, 2.75) is 10.9 Å². The predicted octanol–water partition coefficient (Wildman–Crippen LogP) is 2.08. The summed E-state index contributed by atoms with van der Waals surface area (Å²) in [7, 11) is -2.80. The lowest BCUT2D eigenvalue weighted by Gasteiger charge is -2.32. The Morgan fingerprint density at radius 3 is 2.34 bits per heavy atom. The van der Waals surface area contributed by atoms with Crippen molar-refractivity contribution in [2.75, 3.05) is 13.7 Å². The number of nitro benzene ring substituents is 1. The largest absolute Gasteiger partial charge is 0.497 e. The van der Waals surface area contributed by atoms with E-state index >= 15 is 0 Å². The van der Waals surface area contributed by atoms with Crippen LogP contribution in [0, 0.1) is 10.1 Å². The molecule has 10 nitrogen and oxygen atoms in total. The molecule has 0 amide bonds. The van der Waals surface area contributed by atoms with Gasteiger partial charge < -0.3 is 14.6 Å². The topological polar surface area (TPSA) is 136 Å². The first-order chi connectivity index (χ1) is 13.7. The van der Waals surface area contributed by atoms with Crippen LogP contribution < -0.4 is 4.74 Å². The Hall–Kier alpha value is -3.60. The average molecular weight is 420 g/mol. The fourth-order valence-corrected chi connectivity index (χ4v) is 4.12. The van der Waals surface area contributed by atoms with Gasteiger partial charge in [0.15, 0.2) is 6.04 Å². The highest BCUT2D eigenvalue weighted by atomic mass is 32.2. The van der Waals surface area contributed by atoms with Crippen LogP contribution in [-0.2, 0) is 19.6 Å². The molecular formula is C18H16N2O8S. The summed E-state index contributed by atoms with van der Waals surface area (Å²) in [6, 6.07) is 9.29. The second-order valence-corrected chi connectivity index (χ2v) is 7.82. The molecule has 0 spiro atoms. The summed E-state index contributed by atoms with van der Waals surface area (Å²) < 4.78 is 37.3. The Kier molecular flexibility index (Phi) is 5.41. The first kappa shape index (κ1) is 20.1. The van der Waals surface area contributed by atoms with Gasteiger partial charge in [0.25, 0.3) is 15.7 Å². The van der Waals surface area contributed by atoms with Gasteiger partial charge in [0, 0.05) is 17.7 Å². The average Bonchev–Trinajstić information content (AvgIpc) is 2.73. The zero-order chi connectivity index (χ0) is 21.2. The number of carboxylic acid groups (broad SMARTS) is 1. The molecule has 1 heterocycles. The Labute approximate surface area is 165 Å². The van der Waals surface area contributed by atoms with Gasteiger partial charge in [-0.1, -0.05) is 0 Å². The third kappa shape index (κ3) is 3.99. The molecule has 0 unspecified atom stereocenters. The molecule has 2 aromatic carbocycles. The number of hydrogen-bond donors (Lipinski definition) is 1. The molecule has 0 saturated heterocycles. The molecule has 0 aliphatic carbocycles. The van der Waals surface area contributed by atoms with Crippen LogP contribution in [0.3, 0.4) is 0 Å². The molecule has 1 aliphatic rings. The summed E-state index contributed by atoms with van der Waals surface area (Å²) >= 11 is 0. The number of hydrogen-bond acceptors (Lipinski definition) is 7. The number of ether oxygens (including phenoxy) is 2. The van der Waals surface area contributed by atoms with Crippen molar-refractivity contribution in [2.24, 2.45) is 0 Å². The summed E-state index contributed by atoms with van der Waals surface area (Å²) in [5, 5.41) is 20.2. The Morgan fingerprint density at radius 1 is 1.21 bits per heavy atom. The van der Waals surface area contributed by atoms with Gasteiger partial charge in [-0.15, -0.1) is 0 Å². The van der Waals surface area contributed by atoms with E-state index in [0.717, 1.165) is 30.5 Å². The Bertz CT molecular complexity index is 1060. The van der Waals surface area contributed by atoms with Crippen molar-refractivity contribution in [1.29, 1.82) is 0 Å². The van der Waals surface area contributed by atoms with E-state index in [9.17, 15) is 28.4 Å². The van der Waals surface area contributed by atoms with Crippen LogP contribution >= 0.6 is 0 Å². The first-order valence-electron chi connectivity index (χ1n) is 8.24. The minimum atomic E-state index is -4.30. The number of benzene rings is 2. The molecule has 11 heteroatoms. The second-order valence-electron chi connectivity index (χ2n) is 5.97. The normalized spacial score (nSPS) is 16.5. The number of carbonyl (C=O) groups is 1. The lowest BCUT2D eigenvalue weighted by molar-refractivity contribution is -0.384. The quantitative estimate of drug-likeness (QED) is 0.554. The van der Waals surface area contributed by atoms with E-state index in [1.807, 2.05) is 0 Å². The first-order valence-corrected chi connectivity index (χ1v) is 9.68. The number of carboxylic acids is 1. The molecule has 0 saturated carbocycles. The van der Waals surface area contributed by atoms with Crippen molar-refractivity contribution in [1.82, 2.24) is 4.31 Å². The number of methoxy groups -OCH3 is 1. The summed E-state index contributed by atoms with van der Waals surface area (Å²) in [5.74, 6) is -0.639. The molecular weight excluding hydrogens is 404 g/mol. The van der Waals surface area contributed by atoms with E-state index in [0.29, 0.717) is 15.6 Å². The van der Waals surface area contributed by atoms with Crippen molar-refractivity contribution >= 4 is 27.4 Å². The molecule has 0 aromatic heterocycles. The van der Waals surface area contributed by atoms with Crippen LogP contribution in [0.5, 0.6) is 5.75 Å². The molecule has 0 fully saturated rings. The fourth-order valence-electron chi connectivity index (χ4n) is 2.68. The monoisotopic (exact) mass is 420 g/mol. The molecule has 1 atom stereocenters. The van der Waals surface area contributed by atoms with E-state index in [4.69, 9.17) is 9.47 Å². The third-order valence-corrected chi connectivity index (χ3v) is 6.01. The third-order valence-electron chi connectivity index (χ3n) is 4.23. The van der Waals surface area contributed by atoms with Crippen molar-refractivity contribution in [3.05, 3.63) is 70.4 Å². The Morgan fingerprint density at radius 2 is 1.83 bits per heavy atom. The lowest BCUT2D eigenvalue weighted by atomic mass is 10.1. The SMILES string of the molecule is COc1ccc(C2=CN(S(=O)(=O)c3ccc([N+](=O)[O-])cc3)[C@H](C(=O)O)CO2)cc1. The number of nitrogens with zero attached hydrogens (tertiary/aromatic N) is 2. The summed E-state index contributed by atoms with van der Waals surface area (Å²) in [6.45, 7) is -0.403.